The molecule has 0 radical (unpaired) electrons. The molecule has 0 saturated carbocycles. The van der Waals surface area contributed by atoms with Crippen LogP contribution in [0.15, 0.2) is 76.2 Å². The molecule has 0 atom stereocenters. The standard InChI is InChI=1S/C23H14FN7O3S/c24-14-6-3-5-13(11-14)19-27-21(34-29-19)15-7-4-10-30-20(15)28-31(23(30)33)12-18(32)26-22-25-16-8-1-2-9-17(16)35-22/h1-11H,12H2,(H,25,26,32). The van der Waals surface area contributed by atoms with Gasteiger partial charge >= 0.3 is 5.69 Å². The summed E-state index contributed by atoms with van der Waals surface area (Å²) in [5.74, 6) is -0.572. The maximum Gasteiger partial charge on any atom is 0.350 e. The molecule has 4 aromatic heterocycles. The number of hydrogen-bond acceptors (Lipinski definition) is 8. The van der Waals surface area contributed by atoms with E-state index in [9.17, 15) is 14.0 Å². The quantitative estimate of drug-likeness (QED) is 0.394. The summed E-state index contributed by atoms with van der Waals surface area (Å²) in [4.78, 5) is 34.2. The minimum Gasteiger partial charge on any atom is -0.333 e. The Morgan fingerprint density at radius 3 is 2.83 bits per heavy atom. The number of hydrogen-bond donors (Lipinski definition) is 1. The Morgan fingerprint density at radius 2 is 1.97 bits per heavy atom. The van der Waals surface area contributed by atoms with E-state index in [1.807, 2.05) is 24.3 Å². The molecule has 4 heterocycles. The predicted octanol–water partition coefficient (Wildman–Crippen LogP) is 3.60. The third kappa shape index (κ3) is 3.85. The lowest BCUT2D eigenvalue weighted by Crippen LogP contribution is -2.28. The van der Waals surface area contributed by atoms with Gasteiger partial charge in [0, 0.05) is 11.8 Å². The smallest absolute Gasteiger partial charge is 0.333 e. The molecule has 0 bridgehead atoms. The Labute approximate surface area is 199 Å². The largest absolute Gasteiger partial charge is 0.350 e. The number of pyridine rings is 1. The minimum absolute atomic E-state index is 0.103. The van der Waals surface area contributed by atoms with E-state index >= 15 is 0 Å². The molecule has 0 spiro atoms. The van der Waals surface area contributed by atoms with Gasteiger partial charge in [-0.1, -0.05) is 40.8 Å². The van der Waals surface area contributed by atoms with Crippen molar-refractivity contribution in [2.45, 2.75) is 6.54 Å². The maximum atomic E-state index is 13.6. The molecule has 6 aromatic rings. The fourth-order valence-corrected chi connectivity index (χ4v) is 4.49. The highest BCUT2D eigenvalue weighted by atomic mass is 32.1. The summed E-state index contributed by atoms with van der Waals surface area (Å²) in [7, 11) is 0. The summed E-state index contributed by atoms with van der Waals surface area (Å²) < 4.78 is 22.2. The SMILES string of the molecule is O=C(Cn1nc2c(-c3nc(-c4cccc(F)c4)no3)cccn2c1=O)Nc1nc2ccccc2s1. The third-order valence-electron chi connectivity index (χ3n) is 5.18. The van der Waals surface area contributed by atoms with Crippen LogP contribution in [0.5, 0.6) is 0 Å². The Hall–Kier alpha value is -4.71. The molecule has 172 valence electrons. The molecule has 6 rings (SSSR count). The van der Waals surface area contributed by atoms with E-state index < -0.39 is 17.4 Å². The normalized spacial score (nSPS) is 11.3. The molecule has 35 heavy (non-hydrogen) atoms. The number of amides is 1. The van der Waals surface area contributed by atoms with Crippen LogP contribution in [-0.4, -0.2) is 35.2 Å². The second-order valence-corrected chi connectivity index (χ2v) is 8.55. The lowest BCUT2D eigenvalue weighted by atomic mass is 10.2. The lowest BCUT2D eigenvalue weighted by Gasteiger charge is -2.00. The summed E-state index contributed by atoms with van der Waals surface area (Å²) in [5, 5.41) is 11.4. The zero-order chi connectivity index (χ0) is 23.9. The van der Waals surface area contributed by atoms with Crippen molar-refractivity contribution in [1.29, 1.82) is 0 Å². The number of carbonyl (C=O) groups excluding carboxylic acids is 1. The number of nitrogens with one attached hydrogen (secondary N) is 1. The number of rotatable bonds is 5. The topological polar surface area (TPSA) is 120 Å². The van der Waals surface area contributed by atoms with E-state index in [4.69, 9.17) is 4.52 Å². The maximum absolute atomic E-state index is 13.6. The van der Waals surface area contributed by atoms with Crippen LogP contribution >= 0.6 is 11.3 Å². The van der Waals surface area contributed by atoms with Crippen molar-refractivity contribution in [3.8, 4) is 22.8 Å². The number of halogens is 1. The Bertz CT molecular complexity index is 1750. The van der Waals surface area contributed by atoms with Gasteiger partial charge in [0.25, 0.3) is 5.89 Å². The van der Waals surface area contributed by atoms with E-state index in [-0.39, 0.29) is 23.9 Å². The molecule has 0 aliphatic carbocycles. The Kier molecular flexibility index (Phi) is 4.92. The zero-order valence-electron chi connectivity index (χ0n) is 17.8. The van der Waals surface area contributed by atoms with Crippen molar-refractivity contribution >= 4 is 38.2 Å². The van der Waals surface area contributed by atoms with E-state index in [0.29, 0.717) is 16.3 Å². The van der Waals surface area contributed by atoms with Gasteiger partial charge in [0.1, 0.15) is 12.4 Å². The molecule has 0 fully saturated rings. The number of aromatic nitrogens is 6. The number of carbonyl (C=O) groups is 1. The van der Waals surface area contributed by atoms with Crippen LogP contribution in [0.4, 0.5) is 9.52 Å². The highest BCUT2D eigenvalue weighted by Gasteiger charge is 2.19. The summed E-state index contributed by atoms with van der Waals surface area (Å²) in [6, 6.07) is 16.6. The first-order valence-corrected chi connectivity index (χ1v) is 11.2. The molecule has 2 aromatic carbocycles. The third-order valence-corrected chi connectivity index (χ3v) is 6.13. The zero-order valence-corrected chi connectivity index (χ0v) is 18.6. The first kappa shape index (κ1) is 20.9. The van der Waals surface area contributed by atoms with Gasteiger partial charge in [0.05, 0.1) is 15.8 Å². The minimum atomic E-state index is -0.508. The van der Waals surface area contributed by atoms with Crippen LogP contribution in [0.2, 0.25) is 0 Å². The van der Waals surface area contributed by atoms with Gasteiger partial charge in [-0.2, -0.15) is 4.98 Å². The van der Waals surface area contributed by atoms with Crippen molar-refractivity contribution in [3.63, 3.8) is 0 Å². The van der Waals surface area contributed by atoms with Crippen LogP contribution in [0, 0.1) is 5.82 Å². The summed E-state index contributed by atoms with van der Waals surface area (Å²) in [6.45, 7) is -0.311. The molecule has 0 aliphatic rings. The van der Waals surface area contributed by atoms with Crippen molar-refractivity contribution in [2.75, 3.05) is 5.32 Å². The molecule has 1 N–H and O–H groups in total. The first-order chi connectivity index (χ1) is 17.0. The fourth-order valence-electron chi connectivity index (χ4n) is 3.61. The number of para-hydroxylation sites is 1. The fraction of sp³-hybridized carbons (Fsp3) is 0.0435. The van der Waals surface area contributed by atoms with E-state index in [1.54, 1.807) is 24.3 Å². The second kappa shape index (κ2) is 8.25. The highest BCUT2D eigenvalue weighted by molar-refractivity contribution is 7.22. The molecular formula is C23H14FN7O3S. The monoisotopic (exact) mass is 487 g/mol. The van der Waals surface area contributed by atoms with Crippen molar-refractivity contribution in [3.05, 3.63) is 83.2 Å². The molecule has 0 unspecified atom stereocenters. The number of fused-ring (bicyclic) bond motifs is 2. The van der Waals surface area contributed by atoms with Crippen LogP contribution in [-0.2, 0) is 11.3 Å². The highest BCUT2D eigenvalue weighted by Crippen LogP contribution is 2.26. The molecule has 1 amide bonds. The number of anilines is 1. The number of nitrogens with zero attached hydrogens (tertiary/aromatic N) is 6. The molecule has 0 saturated heterocycles. The Balaban J connectivity index is 1.29. The van der Waals surface area contributed by atoms with Crippen molar-refractivity contribution in [1.82, 2.24) is 29.3 Å². The molecule has 0 aliphatic heterocycles. The Morgan fingerprint density at radius 1 is 1.09 bits per heavy atom. The van der Waals surface area contributed by atoms with E-state index in [2.05, 4.69) is 25.5 Å². The van der Waals surface area contributed by atoms with Crippen LogP contribution in [0.25, 0.3) is 38.7 Å². The summed E-state index contributed by atoms with van der Waals surface area (Å²) in [6.07, 6.45) is 1.53. The molecular weight excluding hydrogens is 473 g/mol. The van der Waals surface area contributed by atoms with Gasteiger partial charge in [-0.3, -0.25) is 4.79 Å². The number of benzene rings is 2. The van der Waals surface area contributed by atoms with Crippen molar-refractivity contribution < 1.29 is 13.7 Å². The van der Waals surface area contributed by atoms with Gasteiger partial charge < -0.3 is 9.84 Å². The summed E-state index contributed by atoms with van der Waals surface area (Å²) >= 11 is 1.34. The van der Waals surface area contributed by atoms with Gasteiger partial charge in [0.2, 0.25) is 11.7 Å². The van der Waals surface area contributed by atoms with Crippen LogP contribution < -0.4 is 11.0 Å². The average Bonchev–Trinajstić information content (AvgIpc) is 3.57. The van der Waals surface area contributed by atoms with Gasteiger partial charge in [-0.05, 0) is 36.4 Å². The molecule has 12 heteroatoms. The number of thiazole rings is 1. The van der Waals surface area contributed by atoms with E-state index in [1.165, 1.54) is 34.1 Å². The van der Waals surface area contributed by atoms with Crippen LogP contribution in [0.1, 0.15) is 0 Å². The summed E-state index contributed by atoms with van der Waals surface area (Å²) in [5.41, 5.74) is 1.34. The van der Waals surface area contributed by atoms with Crippen LogP contribution in [0.3, 0.4) is 0 Å². The molecule has 10 nitrogen and oxygen atoms in total. The average molecular weight is 487 g/mol. The van der Waals surface area contributed by atoms with E-state index in [0.717, 1.165) is 14.9 Å². The lowest BCUT2D eigenvalue weighted by molar-refractivity contribution is -0.117. The first-order valence-electron chi connectivity index (χ1n) is 10.4. The second-order valence-electron chi connectivity index (χ2n) is 7.52. The van der Waals surface area contributed by atoms with Crippen molar-refractivity contribution in [2.24, 2.45) is 0 Å². The predicted molar refractivity (Wildman–Crippen MR) is 126 cm³/mol. The van der Waals surface area contributed by atoms with Gasteiger partial charge in [-0.15, -0.1) is 5.10 Å². The van der Waals surface area contributed by atoms with Gasteiger partial charge in [-0.25, -0.2) is 23.3 Å². The van der Waals surface area contributed by atoms with Gasteiger partial charge in [0.15, 0.2) is 10.8 Å².